The molecule has 1 heterocycles. The molecule has 6 nitrogen and oxygen atoms in total. The zero-order chi connectivity index (χ0) is 16.9. The molecule has 0 radical (unpaired) electrons. The lowest BCUT2D eigenvalue weighted by molar-refractivity contribution is -0.153. The van der Waals surface area contributed by atoms with E-state index < -0.39 is 37.9 Å². The molecule has 0 aromatic rings. The minimum atomic E-state index is -2.20. The van der Waals surface area contributed by atoms with Crippen molar-refractivity contribution in [1.82, 2.24) is 0 Å². The molecule has 2 aliphatic rings. The van der Waals surface area contributed by atoms with Gasteiger partial charge in [-0.2, -0.15) is 0 Å². The largest absolute Gasteiger partial charge is 0.481 e. The van der Waals surface area contributed by atoms with E-state index in [1.807, 2.05) is 13.1 Å². The lowest BCUT2D eigenvalue weighted by Gasteiger charge is -2.41. The van der Waals surface area contributed by atoms with E-state index >= 15 is 0 Å². The number of ketones is 1. The zero-order valence-electron chi connectivity index (χ0n) is 13.8. The number of fused-ring (bicyclic) bond motifs is 2. The van der Waals surface area contributed by atoms with Crippen LogP contribution in [0.3, 0.4) is 0 Å². The van der Waals surface area contributed by atoms with Crippen LogP contribution >= 0.6 is 0 Å². The molecule has 0 aromatic carbocycles. The fourth-order valence-corrected chi connectivity index (χ4v) is 4.12. The number of carboxylic acids is 1. The van der Waals surface area contributed by atoms with Crippen molar-refractivity contribution in [2.24, 2.45) is 5.41 Å². The highest BCUT2D eigenvalue weighted by Crippen LogP contribution is 2.48. The van der Waals surface area contributed by atoms with Gasteiger partial charge in [-0.25, -0.2) is 0 Å². The SMILES string of the molecule is CC(C)(C)[Si](C)(C)O[C@@H]1CC2(CC(=O)O)C[C@@H](OC2=O)C1=O. The second kappa shape index (κ2) is 5.16. The van der Waals surface area contributed by atoms with Gasteiger partial charge in [0.1, 0.15) is 6.10 Å². The van der Waals surface area contributed by atoms with Crippen molar-refractivity contribution in [3.63, 3.8) is 0 Å². The van der Waals surface area contributed by atoms with Gasteiger partial charge in [0.15, 0.2) is 14.4 Å². The second-order valence-electron chi connectivity index (χ2n) is 7.92. The topological polar surface area (TPSA) is 89.9 Å². The first kappa shape index (κ1) is 17.1. The van der Waals surface area contributed by atoms with Gasteiger partial charge in [0.25, 0.3) is 0 Å². The summed E-state index contributed by atoms with van der Waals surface area (Å²) in [6.45, 7) is 10.3. The van der Waals surface area contributed by atoms with Crippen molar-refractivity contribution in [3.05, 3.63) is 0 Å². The Morgan fingerprint density at radius 2 is 1.95 bits per heavy atom. The van der Waals surface area contributed by atoms with Crippen molar-refractivity contribution in [3.8, 4) is 0 Å². The fourth-order valence-electron chi connectivity index (χ4n) is 2.86. The molecule has 2 bridgehead atoms. The summed E-state index contributed by atoms with van der Waals surface area (Å²) in [7, 11) is -2.20. The van der Waals surface area contributed by atoms with Crippen LogP contribution in [0.4, 0.5) is 0 Å². The number of Topliss-reactive ketones (excluding diaryl/α,β-unsaturated/α-hetero) is 1. The average Bonchev–Trinajstić information content (AvgIpc) is 2.57. The van der Waals surface area contributed by atoms with Gasteiger partial charge in [-0.15, -0.1) is 0 Å². The molecule has 1 N–H and O–H groups in total. The molecule has 0 aromatic heterocycles. The molecule has 1 unspecified atom stereocenters. The molecule has 124 valence electrons. The Labute approximate surface area is 131 Å². The first-order chi connectivity index (χ1) is 9.88. The molecule has 3 atom stereocenters. The fraction of sp³-hybridized carbons (Fsp3) is 0.800. The van der Waals surface area contributed by atoms with Crippen molar-refractivity contribution in [2.45, 2.75) is 70.4 Å². The van der Waals surface area contributed by atoms with Crippen molar-refractivity contribution in [1.29, 1.82) is 0 Å². The van der Waals surface area contributed by atoms with E-state index in [9.17, 15) is 14.4 Å². The molecule has 1 saturated carbocycles. The lowest BCUT2D eigenvalue weighted by atomic mass is 9.71. The number of aliphatic carboxylic acids is 1. The molecular formula is C15H24O6Si. The van der Waals surface area contributed by atoms with Crippen LogP contribution in [0.1, 0.15) is 40.0 Å². The van der Waals surface area contributed by atoms with Gasteiger partial charge in [-0.05, 0) is 24.6 Å². The molecule has 0 amide bonds. The Morgan fingerprint density at radius 1 is 1.36 bits per heavy atom. The molecule has 1 aliphatic carbocycles. The van der Waals surface area contributed by atoms with Crippen LogP contribution in [0.2, 0.25) is 18.1 Å². The monoisotopic (exact) mass is 328 g/mol. The van der Waals surface area contributed by atoms with Gasteiger partial charge < -0.3 is 14.3 Å². The summed E-state index contributed by atoms with van der Waals surface area (Å²) in [6.07, 6.45) is -1.64. The summed E-state index contributed by atoms with van der Waals surface area (Å²) in [5.74, 6) is -1.86. The van der Waals surface area contributed by atoms with E-state index in [0.29, 0.717) is 0 Å². The predicted molar refractivity (Wildman–Crippen MR) is 80.9 cm³/mol. The van der Waals surface area contributed by atoms with Crippen LogP contribution < -0.4 is 0 Å². The van der Waals surface area contributed by atoms with Gasteiger partial charge in [0.05, 0.1) is 11.8 Å². The third kappa shape index (κ3) is 2.84. The van der Waals surface area contributed by atoms with Gasteiger partial charge in [0, 0.05) is 6.42 Å². The Kier molecular flexibility index (Phi) is 4.02. The summed E-state index contributed by atoms with van der Waals surface area (Å²) < 4.78 is 11.3. The summed E-state index contributed by atoms with van der Waals surface area (Å²) in [5, 5.41) is 9.01. The second-order valence-corrected chi connectivity index (χ2v) is 12.7. The minimum Gasteiger partial charge on any atom is -0.481 e. The van der Waals surface area contributed by atoms with Gasteiger partial charge in [-0.3, -0.25) is 14.4 Å². The third-order valence-corrected chi connectivity index (χ3v) is 9.69. The smallest absolute Gasteiger partial charge is 0.313 e. The van der Waals surface area contributed by atoms with E-state index in [1.54, 1.807) is 0 Å². The maximum Gasteiger partial charge on any atom is 0.313 e. The molecule has 22 heavy (non-hydrogen) atoms. The molecule has 7 heteroatoms. The Bertz CT molecular complexity index is 521. The van der Waals surface area contributed by atoms with E-state index in [0.717, 1.165) is 0 Å². The highest BCUT2D eigenvalue weighted by Gasteiger charge is 2.60. The lowest BCUT2D eigenvalue weighted by Crippen LogP contribution is -2.51. The van der Waals surface area contributed by atoms with E-state index in [2.05, 4.69) is 20.8 Å². The molecule has 2 rings (SSSR count). The first-order valence-corrected chi connectivity index (χ1v) is 10.4. The summed E-state index contributed by atoms with van der Waals surface area (Å²) >= 11 is 0. The van der Waals surface area contributed by atoms with Gasteiger partial charge >= 0.3 is 11.9 Å². The standard InChI is InChI=1S/C15H24O6Si/c1-14(2,3)22(4,5)21-10-7-15(8-11(16)17)6-9(12(10)18)20-13(15)19/h9-10H,6-8H2,1-5H3,(H,16,17)/t9-,10-,15?/m1/s1. The van der Waals surface area contributed by atoms with Gasteiger partial charge in [0.2, 0.25) is 5.78 Å². The van der Waals surface area contributed by atoms with Crippen LogP contribution in [0, 0.1) is 5.41 Å². The molecule has 0 spiro atoms. The summed E-state index contributed by atoms with van der Waals surface area (Å²) in [4.78, 5) is 35.6. The summed E-state index contributed by atoms with van der Waals surface area (Å²) in [6, 6.07) is 0. The quantitative estimate of drug-likeness (QED) is 0.628. The number of carbonyl (C=O) groups excluding carboxylic acids is 2. The van der Waals surface area contributed by atoms with Crippen LogP contribution in [0.25, 0.3) is 0 Å². The first-order valence-electron chi connectivity index (χ1n) is 7.52. The number of carbonyl (C=O) groups is 3. The van der Waals surface area contributed by atoms with Crippen molar-refractivity contribution >= 4 is 26.0 Å². The normalized spacial score (nSPS) is 32.0. The van der Waals surface area contributed by atoms with Crippen LogP contribution in [0.5, 0.6) is 0 Å². The number of esters is 1. The van der Waals surface area contributed by atoms with Crippen molar-refractivity contribution in [2.75, 3.05) is 0 Å². The van der Waals surface area contributed by atoms with Crippen molar-refractivity contribution < 1.29 is 28.7 Å². The molecule has 2 fully saturated rings. The Balaban J connectivity index is 2.26. The predicted octanol–water partition coefficient (Wildman–Crippen LogP) is 2.13. The minimum absolute atomic E-state index is 0.0748. The Hall–Kier alpha value is -1.21. The number of rotatable bonds is 4. The third-order valence-electron chi connectivity index (χ3n) is 5.20. The average molecular weight is 328 g/mol. The Morgan fingerprint density at radius 3 is 2.45 bits per heavy atom. The molecular weight excluding hydrogens is 304 g/mol. The summed E-state index contributed by atoms with van der Waals surface area (Å²) in [5.41, 5.74) is -1.11. The highest BCUT2D eigenvalue weighted by molar-refractivity contribution is 6.74. The maximum absolute atomic E-state index is 12.4. The number of ether oxygens (including phenoxy) is 1. The van der Waals surface area contributed by atoms with Crippen LogP contribution in [-0.2, 0) is 23.5 Å². The van der Waals surface area contributed by atoms with E-state index in [4.69, 9.17) is 14.3 Å². The number of hydrogen-bond acceptors (Lipinski definition) is 5. The van der Waals surface area contributed by atoms with E-state index in [-0.39, 0.29) is 30.1 Å². The zero-order valence-corrected chi connectivity index (χ0v) is 14.8. The van der Waals surface area contributed by atoms with E-state index in [1.165, 1.54) is 0 Å². The van der Waals surface area contributed by atoms with Gasteiger partial charge in [-0.1, -0.05) is 20.8 Å². The highest BCUT2D eigenvalue weighted by atomic mass is 28.4. The van der Waals surface area contributed by atoms with Crippen LogP contribution in [0.15, 0.2) is 0 Å². The number of carboxylic acid groups (broad SMARTS) is 1. The molecule has 1 saturated heterocycles. The van der Waals surface area contributed by atoms with Crippen LogP contribution in [-0.4, -0.2) is 43.4 Å². The maximum atomic E-state index is 12.4. The number of hydrogen-bond donors (Lipinski definition) is 1. The molecule has 1 aliphatic heterocycles.